The van der Waals surface area contributed by atoms with Gasteiger partial charge < -0.3 is 9.47 Å². The van der Waals surface area contributed by atoms with Gasteiger partial charge in [-0.2, -0.15) is 0 Å². The zero-order valence-corrected chi connectivity index (χ0v) is 14.7. The molecular formula is C19H18N2O3S. The van der Waals surface area contributed by atoms with Crippen molar-refractivity contribution in [3.05, 3.63) is 53.6 Å². The number of amidine groups is 1. The van der Waals surface area contributed by atoms with E-state index in [4.69, 9.17) is 14.5 Å². The average Bonchev–Trinajstić information content (AvgIpc) is 3.11. The Morgan fingerprint density at radius 2 is 2.00 bits per heavy atom. The average molecular weight is 354 g/mol. The standard InChI is InChI=1S/C19H18N2O3S/c1-13-5-2-3-6-15(13)20-19-21(9-4-10-25-19)18(22)14-7-8-16-17(11-14)24-12-23-16/h2-3,5-8,11H,4,9-10,12H2,1H3. The highest BCUT2D eigenvalue weighted by Gasteiger charge is 2.26. The molecule has 0 radical (unpaired) electrons. The first-order valence-corrected chi connectivity index (χ1v) is 9.19. The van der Waals surface area contributed by atoms with Gasteiger partial charge in [-0.25, -0.2) is 4.99 Å². The van der Waals surface area contributed by atoms with Crippen LogP contribution in [0.5, 0.6) is 11.5 Å². The van der Waals surface area contributed by atoms with Gasteiger partial charge in [-0.3, -0.25) is 9.69 Å². The molecule has 0 bridgehead atoms. The van der Waals surface area contributed by atoms with E-state index in [0.29, 0.717) is 23.6 Å². The zero-order chi connectivity index (χ0) is 17.2. The summed E-state index contributed by atoms with van der Waals surface area (Å²) >= 11 is 1.62. The van der Waals surface area contributed by atoms with E-state index < -0.39 is 0 Å². The fourth-order valence-electron chi connectivity index (χ4n) is 2.82. The molecule has 2 aromatic carbocycles. The van der Waals surface area contributed by atoms with Crippen LogP contribution in [-0.2, 0) is 0 Å². The first-order valence-electron chi connectivity index (χ1n) is 8.21. The maximum atomic E-state index is 13.0. The molecule has 4 rings (SSSR count). The molecule has 25 heavy (non-hydrogen) atoms. The van der Waals surface area contributed by atoms with Gasteiger partial charge in [0.1, 0.15) is 0 Å². The number of hydrogen-bond acceptors (Lipinski definition) is 5. The number of para-hydroxylation sites is 1. The summed E-state index contributed by atoms with van der Waals surface area (Å²) in [6.45, 7) is 2.90. The van der Waals surface area contributed by atoms with Gasteiger partial charge in [0.15, 0.2) is 16.7 Å². The Morgan fingerprint density at radius 1 is 1.16 bits per heavy atom. The molecule has 0 aliphatic carbocycles. The molecule has 0 aromatic heterocycles. The predicted octanol–water partition coefficient (Wildman–Crippen LogP) is 3.99. The lowest BCUT2D eigenvalue weighted by molar-refractivity contribution is 0.0848. The lowest BCUT2D eigenvalue weighted by atomic mass is 10.1. The molecule has 0 unspecified atom stereocenters. The number of benzene rings is 2. The molecule has 6 heteroatoms. The largest absolute Gasteiger partial charge is 0.454 e. The third kappa shape index (κ3) is 3.22. The van der Waals surface area contributed by atoms with E-state index in [9.17, 15) is 4.79 Å². The van der Waals surface area contributed by atoms with E-state index in [0.717, 1.165) is 28.6 Å². The van der Waals surface area contributed by atoms with Crippen LogP contribution in [-0.4, -0.2) is 35.1 Å². The van der Waals surface area contributed by atoms with Crippen LogP contribution in [0.4, 0.5) is 5.69 Å². The Morgan fingerprint density at radius 3 is 2.88 bits per heavy atom. The Bertz CT molecular complexity index is 850. The van der Waals surface area contributed by atoms with Gasteiger partial charge in [-0.15, -0.1) is 0 Å². The van der Waals surface area contributed by atoms with Crippen LogP contribution in [0.3, 0.4) is 0 Å². The maximum Gasteiger partial charge on any atom is 0.259 e. The zero-order valence-electron chi connectivity index (χ0n) is 13.9. The molecule has 0 spiro atoms. The second kappa shape index (κ2) is 6.80. The van der Waals surface area contributed by atoms with E-state index in [-0.39, 0.29) is 12.7 Å². The van der Waals surface area contributed by atoms with Crippen molar-refractivity contribution >= 4 is 28.5 Å². The highest BCUT2D eigenvalue weighted by molar-refractivity contribution is 8.13. The van der Waals surface area contributed by atoms with E-state index in [1.54, 1.807) is 34.9 Å². The summed E-state index contributed by atoms with van der Waals surface area (Å²) in [4.78, 5) is 19.5. The molecule has 0 saturated carbocycles. The van der Waals surface area contributed by atoms with Crippen LogP contribution in [0.1, 0.15) is 22.3 Å². The molecule has 1 fully saturated rings. The van der Waals surface area contributed by atoms with Crippen molar-refractivity contribution in [3.8, 4) is 11.5 Å². The Labute approximate surface area is 150 Å². The molecule has 0 atom stereocenters. The number of carbonyl (C=O) groups excluding carboxylic acids is 1. The van der Waals surface area contributed by atoms with Crippen LogP contribution >= 0.6 is 11.8 Å². The van der Waals surface area contributed by atoms with Crippen LogP contribution in [0.15, 0.2) is 47.5 Å². The van der Waals surface area contributed by atoms with Gasteiger partial charge in [-0.1, -0.05) is 30.0 Å². The second-order valence-corrected chi connectivity index (χ2v) is 6.97. The summed E-state index contributed by atoms with van der Waals surface area (Å²) in [6, 6.07) is 13.3. The molecule has 2 heterocycles. The minimum absolute atomic E-state index is 0.0576. The number of ether oxygens (including phenoxy) is 2. The van der Waals surface area contributed by atoms with Gasteiger partial charge in [0, 0.05) is 17.9 Å². The Hall–Kier alpha value is -2.47. The van der Waals surface area contributed by atoms with Crippen molar-refractivity contribution in [1.29, 1.82) is 0 Å². The molecule has 128 valence electrons. The third-order valence-electron chi connectivity index (χ3n) is 4.18. The van der Waals surface area contributed by atoms with E-state index >= 15 is 0 Å². The molecular weight excluding hydrogens is 336 g/mol. The summed E-state index contributed by atoms with van der Waals surface area (Å²) in [5.74, 6) is 2.21. The monoisotopic (exact) mass is 354 g/mol. The topological polar surface area (TPSA) is 51.1 Å². The number of nitrogens with zero attached hydrogens (tertiary/aromatic N) is 2. The number of aliphatic imine (C=N–C) groups is 1. The minimum Gasteiger partial charge on any atom is -0.454 e. The van der Waals surface area contributed by atoms with Crippen LogP contribution in [0, 0.1) is 6.92 Å². The third-order valence-corrected chi connectivity index (χ3v) is 5.25. The molecule has 2 aliphatic heterocycles. The quantitative estimate of drug-likeness (QED) is 0.818. The number of fused-ring (bicyclic) bond motifs is 1. The van der Waals surface area contributed by atoms with E-state index in [1.165, 1.54) is 0 Å². The lowest BCUT2D eigenvalue weighted by Crippen LogP contribution is -2.39. The maximum absolute atomic E-state index is 13.0. The minimum atomic E-state index is -0.0576. The predicted molar refractivity (Wildman–Crippen MR) is 99.0 cm³/mol. The molecule has 0 N–H and O–H groups in total. The molecule has 1 amide bonds. The summed E-state index contributed by atoms with van der Waals surface area (Å²) in [5.41, 5.74) is 2.58. The van der Waals surface area contributed by atoms with Crippen molar-refractivity contribution in [2.45, 2.75) is 13.3 Å². The normalized spacial score (nSPS) is 17.8. The van der Waals surface area contributed by atoms with Crippen LogP contribution in [0.25, 0.3) is 0 Å². The first kappa shape index (κ1) is 16.0. The number of thioether (sulfide) groups is 1. The van der Waals surface area contributed by atoms with Gasteiger partial charge in [0.05, 0.1) is 5.69 Å². The number of aryl methyl sites for hydroxylation is 1. The molecule has 2 aromatic rings. The number of hydrogen-bond donors (Lipinski definition) is 0. The Balaban J connectivity index is 1.65. The molecule has 1 saturated heterocycles. The highest BCUT2D eigenvalue weighted by Crippen LogP contribution is 2.33. The first-order chi connectivity index (χ1) is 12.2. The number of rotatable bonds is 2. The van der Waals surface area contributed by atoms with E-state index in [1.807, 2.05) is 31.2 Å². The number of amides is 1. The summed E-state index contributed by atoms with van der Waals surface area (Å²) in [5, 5.41) is 0.753. The van der Waals surface area contributed by atoms with Gasteiger partial charge >= 0.3 is 0 Å². The number of carbonyl (C=O) groups is 1. The van der Waals surface area contributed by atoms with Gasteiger partial charge in [0.2, 0.25) is 6.79 Å². The van der Waals surface area contributed by atoms with Crippen molar-refractivity contribution < 1.29 is 14.3 Å². The summed E-state index contributed by atoms with van der Waals surface area (Å²) in [7, 11) is 0. The highest BCUT2D eigenvalue weighted by atomic mass is 32.2. The van der Waals surface area contributed by atoms with Crippen molar-refractivity contribution in [2.75, 3.05) is 19.1 Å². The Kier molecular flexibility index (Phi) is 4.36. The van der Waals surface area contributed by atoms with E-state index in [2.05, 4.69) is 0 Å². The van der Waals surface area contributed by atoms with Crippen molar-refractivity contribution in [3.63, 3.8) is 0 Å². The van der Waals surface area contributed by atoms with Crippen molar-refractivity contribution in [1.82, 2.24) is 4.90 Å². The van der Waals surface area contributed by atoms with Gasteiger partial charge in [0.25, 0.3) is 5.91 Å². The SMILES string of the molecule is Cc1ccccc1N=C1SCCCN1C(=O)c1ccc2c(c1)OCO2. The smallest absolute Gasteiger partial charge is 0.259 e. The molecule has 2 aliphatic rings. The van der Waals surface area contributed by atoms with Crippen LogP contribution in [0.2, 0.25) is 0 Å². The lowest BCUT2D eigenvalue weighted by Gasteiger charge is -2.28. The molecule has 5 nitrogen and oxygen atoms in total. The second-order valence-electron chi connectivity index (χ2n) is 5.91. The van der Waals surface area contributed by atoms with Crippen molar-refractivity contribution in [2.24, 2.45) is 4.99 Å². The fraction of sp³-hybridized carbons (Fsp3) is 0.263. The summed E-state index contributed by atoms with van der Waals surface area (Å²) < 4.78 is 10.7. The fourth-order valence-corrected chi connectivity index (χ4v) is 3.77. The summed E-state index contributed by atoms with van der Waals surface area (Å²) in [6.07, 6.45) is 0.952. The van der Waals surface area contributed by atoms with Crippen LogP contribution < -0.4 is 9.47 Å². The van der Waals surface area contributed by atoms with Gasteiger partial charge in [-0.05, 0) is 43.2 Å².